The van der Waals surface area contributed by atoms with Crippen molar-refractivity contribution in [1.82, 2.24) is 15.3 Å². The summed E-state index contributed by atoms with van der Waals surface area (Å²) in [5.41, 5.74) is 0. The maximum absolute atomic E-state index is 4.23. The molecule has 84 valence electrons. The number of aromatic amines is 1. The summed E-state index contributed by atoms with van der Waals surface area (Å²) < 4.78 is 0. The van der Waals surface area contributed by atoms with Gasteiger partial charge in [0.05, 0.1) is 6.54 Å². The monoisotopic (exact) mass is 207 g/mol. The molecule has 2 N–H and O–H groups in total. The lowest BCUT2D eigenvalue weighted by molar-refractivity contribution is 0.206. The van der Waals surface area contributed by atoms with Crippen molar-refractivity contribution in [3.8, 4) is 0 Å². The van der Waals surface area contributed by atoms with Crippen LogP contribution in [-0.4, -0.2) is 16.0 Å². The second kappa shape index (κ2) is 4.79. The molecule has 1 aromatic heterocycles. The van der Waals surface area contributed by atoms with Gasteiger partial charge >= 0.3 is 0 Å². The van der Waals surface area contributed by atoms with E-state index in [9.17, 15) is 0 Å². The van der Waals surface area contributed by atoms with E-state index in [4.69, 9.17) is 0 Å². The first-order chi connectivity index (χ1) is 7.27. The molecule has 1 saturated carbocycles. The van der Waals surface area contributed by atoms with Gasteiger partial charge in [-0.05, 0) is 24.7 Å². The van der Waals surface area contributed by atoms with Crippen molar-refractivity contribution in [2.24, 2.45) is 11.8 Å². The third-order valence-electron chi connectivity index (χ3n) is 3.61. The van der Waals surface area contributed by atoms with Gasteiger partial charge in [-0.2, -0.15) is 0 Å². The molecule has 0 aromatic carbocycles. The van der Waals surface area contributed by atoms with Crippen LogP contribution in [0.2, 0.25) is 0 Å². The molecule has 1 fully saturated rings. The van der Waals surface area contributed by atoms with E-state index in [1.165, 1.54) is 19.3 Å². The Kier molecular flexibility index (Phi) is 3.41. The first-order valence-corrected chi connectivity index (χ1v) is 5.99. The molecule has 0 spiro atoms. The van der Waals surface area contributed by atoms with Gasteiger partial charge < -0.3 is 10.3 Å². The number of hydrogen-bond acceptors (Lipinski definition) is 2. The topological polar surface area (TPSA) is 40.7 Å². The average Bonchev–Trinajstić information content (AvgIpc) is 2.70. The number of nitrogens with zero attached hydrogens (tertiary/aromatic N) is 1. The summed E-state index contributed by atoms with van der Waals surface area (Å²) in [5.74, 6) is 2.63. The summed E-state index contributed by atoms with van der Waals surface area (Å²) in [6.07, 6.45) is 7.80. The fourth-order valence-electron chi connectivity index (χ4n) is 2.69. The molecule has 3 nitrogen and oxygen atoms in total. The van der Waals surface area contributed by atoms with E-state index in [0.717, 1.165) is 24.2 Å². The summed E-state index contributed by atoms with van der Waals surface area (Å²) >= 11 is 0. The van der Waals surface area contributed by atoms with Crippen LogP contribution in [0.5, 0.6) is 0 Å². The maximum Gasteiger partial charge on any atom is 0.120 e. The van der Waals surface area contributed by atoms with Crippen LogP contribution in [0.1, 0.15) is 38.9 Å². The average molecular weight is 207 g/mol. The van der Waals surface area contributed by atoms with Crippen LogP contribution < -0.4 is 5.32 Å². The van der Waals surface area contributed by atoms with Crippen molar-refractivity contribution < 1.29 is 0 Å². The summed E-state index contributed by atoms with van der Waals surface area (Å²) in [6.45, 7) is 5.58. The molecule has 0 amide bonds. The first kappa shape index (κ1) is 10.7. The number of aromatic nitrogens is 2. The van der Waals surface area contributed by atoms with Crippen LogP contribution in [0.25, 0.3) is 0 Å². The molecule has 0 bridgehead atoms. The van der Waals surface area contributed by atoms with Gasteiger partial charge in [-0.15, -0.1) is 0 Å². The Morgan fingerprint density at radius 3 is 2.73 bits per heavy atom. The van der Waals surface area contributed by atoms with E-state index in [0.29, 0.717) is 6.04 Å². The minimum Gasteiger partial charge on any atom is -0.348 e. The highest BCUT2D eigenvalue weighted by atomic mass is 15.0. The molecule has 2 atom stereocenters. The molecule has 1 aliphatic rings. The van der Waals surface area contributed by atoms with E-state index in [2.05, 4.69) is 29.1 Å². The van der Waals surface area contributed by atoms with Crippen LogP contribution in [-0.2, 0) is 6.54 Å². The van der Waals surface area contributed by atoms with Gasteiger partial charge in [-0.3, -0.25) is 0 Å². The summed E-state index contributed by atoms with van der Waals surface area (Å²) in [7, 11) is 0. The fraction of sp³-hybridized carbons (Fsp3) is 0.750. The lowest BCUT2D eigenvalue weighted by Crippen LogP contribution is -2.42. The second-order valence-electron chi connectivity index (χ2n) is 4.83. The summed E-state index contributed by atoms with van der Waals surface area (Å²) in [6, 6.07) is 0.656. The van der Waals surface area contributed by atoms with E-state index >= 15 is 0 Å². The zero-order chi connectivity index (χ0) is 10.7. The predicted octanol–water partition coefficient (Wildman–Crippen LogP) is 2.32. The van der Waals surface area contributed by atoms with E-state index in [-0.39, 0.29) is 0 Å². The summed E-state index contributed by atoms with van der Waals surface area (Å²) in [4.78, 5) is 7.37. The van der Waals surface area contributed by atoms with Crippen LogP contribution in [0.3, 0.4) is 0 Å². The minimum atomic E-state index is 0.656. The fourth-order valence-corrected chi connectivity index (χ4v) is 2.69. The molecular weight excluding hydrogens is 186 g/mol. The third kappa shape index (κ3) is 2.59. The Morgan fingerprint density at radius 1 is 1.40 bits per heavy atom. The van der Waals surface area contributed by atoms with Gasteiger partial charge in [-0.25, -0.2) is 4.98 Å². The maximum atomic E-state index is 4.23. The molecule has 0 saturated heterocycles. The van der Waals surface area contributed by atoms with Crippen molar-refractivity contribution >= 4 is 0 Å². The predicted molar refractivity (Wildman–Crippen MR) is 61.4 cm³/mol. The van der Waals surface area contributed by atoms with E-state index < -0.39 is 0 Å². The van der Waals surface area contributed by atoms with Crippen LogP contribution in [0.4, 0.5) is 0 Å². The number of rotatable bonds is 3. The molecule has 0 radical (unpaired) electrons. The molecule has 1 heterocycles. The normalized spacial score (nSPS) is 31.7. The Morgan fingerprint density at radius 2 is 2.13 bits per heavy atom. The van der Waals surface area contributed by atoms with E-state index in [1.54, 1.807) is 0 Å². The second-order valence-corrected chi connectivity index (χ2v) is 4.83. The molecule has 15 heavy (non-hydrogen) atoms. The Labute approximate surface area is 91.7 Å². The molecule has 1 aliphatic carbocycles. The van der Waals surface area contributed by atoms with Crippen molar-refractivity contribution in [3.63, 3.8) is 0 Å². The Balaban J connectivity index is 1.86. The third-order valence-corrected chi connectivity index (χ3v) is 3.61. The Bertz CT molecular complexity index is 271. The van der Waals surface area contributed by atoms with Gasteiger partial charge in [0.25, 0.3) is 0 Å². The highest BCUT2D eigenvalue weighted by Gasteiger charge is 2.26. The Hall–Kier alpha value is -0.830. The largest absolute Gasteiger partial charge is 0.348 e. The molecule has 3 heteroatoms. The number of nitrogens with one attached hydrogen (secondary N) is 2. The molecule has 0 aliphatic heterocycles. The minimum absolute atomic E-state index is 0.656. The van der Waals surface area contributed by atoms with E-state index in [1.807, 2.05) is 12.4 Å². The zero-order valence-corrected chi connectivity index (χ0v) is 9.66. The van der Waals surface area contributed by atoms with Gasteiger partial charge in [0, 0.05) is 18.4 Å². The smallest absolute Gasteiger partial charge is 0.120 e. The van der Waals surface area contributed by atoms with Crippen molar-refractivity contribution in [2.75, 3.05) is 0 Å². The lowest BCUT2D eigenvalue weighted by Gasteiger charge is -2.35. The van der Waals surface area contributed by atoms with Gasteiger partial charge in [-0.1, -0.05) is 20.3 Å². The van der Waals surface area contributed by atoms with Gasteiger partial charge in [0.1, 0.15) is 5.82 Å². The highest BCUT2D eigenvalue weighted by molar-refractivity contribution is 4.89. The lowest BCUT2D eigenvalue weighted by atomic mass is 9.79. The van der Waals surface area contributed by atoms with Crippen molar-refractivity contribution in [3.05, 3.63) is 18.2 Å². The quantitative estimate of drug-likeness (QED) is 0.798. The van der Waals surface area contributed by atoms with Gasteiger partial charge in [0.15, 0.2) is 0 Å². The van der Waals surface area contributed by atoms with Crippen LogP contribution in [0.15, 0.2) is 12.4 Å². The molecule has 1 aromatic rings. The van der Waals surface area contributed by atoms with Crippen LogP contribution in [0, 0.1) is 11.8 Å². The molecule has 2 unspecified atom stereocenters. The van der Waals surface area contributed by atoms with Gasteiger partial charge in [0.2, 0.25) is 0 Å². The summed E-state index contributed by atoms with van der Waals surface area (Å²) in [5, 5.41) is 3.63. The standard InChI is InChI=1S/C12H21N3/c1-9-4-3-5-10(2)12(9)15-8-11-13-6-7-14-11/h6-7,9-10,12,15H,3-5,8H2,1-2H3,(H,13,14). The van der Waals surface area contributed by atoms with Crippen molar-refractivity contribution in [2.45, 2.75) is 45.7 Å². The number of H-pyrrole nitrogens is 1. The number of imidazole rings is 1. The first-order valence-electron chi connectivity index (χ1n) is 5.99. The van der Waals surface area contributed by atoms with Crippen LogP contribution >= 0.6 is 0 Å². The SMILES string of the molecule is CC1CCCC(C)C1NCc1ncc[nH]1. The molecule has 2 rings (SSSR count). The molecular formula is C12H21N3. The number of hydrogen-bond donors (Lipinski definition) is 2. The highest BCUT2D eigenvalue weighted by Crippen LogP contribution is 2.28. The zero-order valence-electron chi connectivity index (χ0n) is 9.66. The van der Waals surface area contributed by atoms with Crippen molar-refractivity contribution in [1.29, 1.82) is 0 Å².